The zero-order valence-corrected chi connectivity index (χ0v) is 52.2. The second-order valence-corrected chi connectivity index (χ2v) is 30.0. The Kier molecular flexibility index (Phi) is 21.1. The molecule has 81 heavy (non-hydrogen) atoms. The molecule has 6 aliphatic heterocycles. The first-order valence-corrected chi connectivity index (χ1v) is 32.4. The lowest BCUT2D eigenvalue weighted by molar-refractivity contribution is -0.316. The largest absolute Gasteiger partial charge is 0.465 e. The van der Waals surface area contributed by atoms with Crippen LogP contribution in [0.1, 0.15) is 129 Å². The number of fused-ring (bicyclic) bond motifs is 2. The van der Waals surface area contributed by atoms with Crippen molar-refractivity contribution >= 4 is 32.1 Å². The summed E-state index contributed by atoms with van der Waals surface area (Å²) in [7, 11) is 0.617. The number of amides is 2. The third-order valence-corrected chi connectivity index (χ3v) is 22.9. The molecular formula is C61H96N2O17Si. The number of esters is 2. The van der Waals surface area contributed by atoms with Gasteiger partial charge in [0.05, 0.1) is 62.0 Å². The van der Waals surface area contributed by atoms with Gasteiger partial charge in [-0.2, -0.15) is 0 Å². The van der Waals surface area contributed by atoms with Crippen molar-refractivity contribution in [3.05, 3.63) is 59.3 Å². The second kappa shape index (κ2) is 26.3. The molecule has 7 rings (SSSR count). The van der Waals surface area contributed by atoms with Crippen LogP contribution in [0.3, 0.4) is 0 Å². The molecule has 456 valence electrons. The fourth-order valence-corrected chi connectivity index (χ4v) is 13.9. The lowest BCUT2D eigenvalue weighted by Gasteiger charge is -2.49. The molecule has 0 radical (unpaired) electrons. The molecule has 20 heteroatoms. The van der Waals surface area contributed by atoms with E-state index >= 15 is 0 Å². The molecule has 0 unspecified atom stereocenters. The van der Waals surface area contributed by atoms with Gasteiger partial charge < -0.3 is 72.3 Å². The molecule has 0 aromatic rings. The van der Waals surface area contributed by atoms with Crippen LogP contribution < -0.4 is 10.6 Å². The number of ether oxygens (including phenoxy) is 11. The predicted molar refractivity (Wildman–Crippen MR) is 304 cm³/mol. The first kappa shape index (κ1) is 64.9. The van der Waals surface area contributed by atoms with Crippen LogP contribution in [0.15, 0.2) is 59.3 Å². The number of allylic oxidation sites excluding steroid dienone is 2. The van der Waals surface area contributed by atoms with Crippen molar-refractivity contribution in [3.63, 3.8) is 0 Å². The summed E-state index contributed by atoms with van der Waals surface area (Å²) < 4.78 is 78.0. The fraction of sp³-hybridized carbons (Fsp3) is 0.770. The van der Waals surface area contributed by atoms with Crippen LogP contribution in [-0.4, -0.2) is 168 Å². The van der Waals surface area contributed by atoms with E-state index < -0.39 is 135 Å². The summed E-state index contributed by atoms with van der Waals surface area (Å²) in [5.74, 6) is -4.46. The van der Waals surface area contributed by atoms with Crippen molar-refractivity contribution in [1.29, 1.82) is 0 Å². The summed E-state index contributed by atoms with van der Waals surface area (Å²) in [5.41, 5.74) is -1.23. The van der Waals surface area contributed by atoms with Crippen molar-refractivity contribution in [3.8, 4) is 0 Å². The number of aliphatic hydroxyl groups is 1. The van der Waals surface area contributed by atoms with E-state index in [4.69, 9.17) is 56.5 Å². The van der Waals surface area contributed by atoms with Gasteiger partial charge in [-0.3, -0.25) is 19.2 Å². The molecule has 0 saturated carbocycles. The van der Waals surface area contributed by atoms with E-state index in [1.54, 1.807) is 21.0 Å². The van der Waals surface area contributed by atoms with Crippen molar-refractivity contribution in [1.82, 2.24) is 10.6 Å². The summed E-state index contributed by atoms with van der Waals surface area (Å²) in [4.78, 5) is 53.7. The SMILES string of the molecule is CCOC(=O)CNC(=O)[C@]1(NC(C)=O)[C@H](C)O[C@@H](O[C@H]2[C@H](C)O[C@@H](O[C@@H]3/C(C)=C/C[C@@H]4C[C@@H](C[C@]5(C=C[C@H](C)[C@@H]([C@@H](C)CC)O5)O4)OC(=O)[C@@H]4C=C(C)[C@@H](O[Si](C)(C)C(C)(C)C)[C@H]5OC/C(=C\C=C\[C@@H]3C)[C@]54O)C[C@@H]2OC)C[C@@H]1OC. The summed E-state index contributed by atoms with van der Waals surface area (Å²) in [6.07, 6.45) is 7.66. The molecule has 0 aromatic heterocycles. The van der Waals surface area contributed by atoms with Crippen LogP contribution in [0, 0.1) is 23.7 Å². The highest BCUT2D eigenvalue weighted by Gasteiger charge is 2.62. The number of carbonyl (C=O) groups excluding carboxylic acids is 4. The molecule has 2 amide bonds. The van der Waals surface area contributed by atoms with Crippen LogP contribution in [0.4, 0.5) is 0 Å². The minimum atomic E-state index is -2.42. The monoisotopic (exact) mass is 1160 g/mol. The Morgan fingerprint density at radius 1 is 0.914 bits per heavy atom. The third-order valence-electron chi connectivity index (χ3n) is 18.4. The van der Waals surface area contributed by atoms with E-state index in [0.717, 1.165) is 17.6 Å². The van der Waals surface area contributed by atoms with Gasteiger partial charge in [0.25, 0.3) is 5.91 Å². The molecule has 2 bridgehead atoms. The zero-order chi connectivity index (χ0) is 59.6. The lowest BCUT2D eigenvalue weighted by Crippen LogP contribution is -2.74. The normalized spacial score (nSPS) is 41.5. The van der Waals surface area contributed by atoms with Gasteiger partial charge in [-0.15, -0.1) is 0 Å². The molecule has 4 fully saturated rings. The molecular weight excluding hydrogens is 1060 g/mol. The maximum absolute atomic E-state index is 14.9. The topological polar surface area (TPSA) is 223 Å². The van der Waals surface area contributed by atoms with Gasteiger partial charge in [0.2, 0.25) is 5.91 Å². The van der Waals surface area contributed by atoms with Gasteiger partial charge in [-0.25, -0.2) is 0 Å². The van der Waals surface area contributed by atoms with E-state index in [0.29, 0.717) is 18.4 Å². The molecule has 3 N–H and O–H groups in total. The summed E-state index contributed by atoms with van der Waals surface area (Å²) in [5, 5.41) is 18.5. The van der Waals surface area contributed by atoms with Crippen molar-refractivity contribution in [2.24, 2.45) is 23.7 Å². The van der Waals surface area contributed by atoms with Crippen LogP contribution in [0.25, 0.3) is 0 Å². The number of methoxy groups -OCH3 is 2. The van der Waals surface area contributed by atoms with Gasteiger partial charge >= 0.3 is 11.9 Å². The molecule has 6 heterocycles. The number of carbonyl (C=O) groups is 4. The quantitative estimate of drug-likeness (QED) is 0.0816. The Morgan fingerprint density at radius 2 is 1.63 bits per heavy atom. The minimum absolute atomic E-state index is 0.0288. The molecule has 4 saturated heterocycles. The van der Waals surface area contributed by atoms with E-state index in [9.17, 15) is 24.3 Å². The molecule has 1 spiro atoms. The fourth-order valence-electron chi connectivity index (χ4n) is 12.6. The number of nitrogens with one attached hydrogen (secondary N) is 2. The van der Waals surface area contributed by atoms with E-state index in [1.807, 2.05) is 51.2 Å². The van der Waals surface area contributed by atoms with Crippen molar-refractivity contribution < 1.29 is 80.8 Å². The average molecular weight is 1160 g/mol. The maximum Gasteiger partial charge on any atom is 0.325 e. The number of hydrogen-bond acceptors (Lipinski definition) is 17. The maximum atomic E-state index is 14.9. The van der Waals surface area contributed by atoms with Gasteiger partial charge in [-0.05, 0) is 87.9 Å². The third kappa shape index (κ3) is 13.9. The Labute approximate surface area is 482 Å². The standard InChI is InChI=1S/C61H96N2O17Si/c1-18-34(3)52-37(6)25-26-59(79-52)31-44-28-43(78-59)24-23-36(5)51(35(4)21-20-22-42-33-72-55-53(80-81(16,17)58(11,12)13)38(7)27-45(56(66)75-44)61(42,55)68)76-49-29-46(69-14)54(39(8)73-49)77-50-30-47(70-15)60(40(9)74-50,63-41(10)64)57(67)62-32-48(65)71-19-2/h20-23,25-27,34-35,37,39-40,43-47,49-55,68H,18-19,24,28-33H2,1-17H3,(H,62,67)(H,63,64)/b21-20+,36-23+,42-22+/t34-,35-,37-,39-,40-,43+,44-,45-,46-,47-,49-,50-,51-,52+,53+,54-,55+,59+,60-,61+/m0/s1. The van der Waals surface area contributed by atoms with Crippen molar-refractivity contribution in [2.75, 3.05) is 34.0 Å². The van der Waals surface area contributed by atoms with Crippen LogP contribution in [0.2, 0.25) is 18.1 Å². The predicted octanol–water partition coefficient (Wildman–Crippen LogP) is 7.60. The summed E-state index contributed by atoms with van der Waals surface area (Å²) >= 11 is 0. The molecule has 20 atom stereocenters. The second-order valence-electron chi connectivity index (χ2n) is 25.2. The summed E-state index contributed by atoms with van der Waals surface area (Å²) in [6.45, 7) is 29.7. The number of hydrogen-bond donors (Lipinski definition) is 3. The molecule has 1 aliphatic carbocycles. The Hall–Kier alpha value is -3.64. The lowest BCUT2D eigenvalue weighted by atomic mass is 9.71. The smallest absolute Gasteiger partial charge is 0.325 e. The number of rotatable bonds is 15. The zero-order valence-electron chi connectivity index (χ0n) is 51.2. The van der Waals surface area contributed by atoms with Crippen LogP contribution >= 0.6 is 0 Å². The van der Waals surface area contributed by atoms with Crippen LogP contribution in [-0.2, 0) is 75.7 Å². The van der Waals surface area contributed by atoms with Crippen LogP contribution in [0.5, 0.6) is 0 Å². The van der Waals surface area contributed by atoms with Crippen molar-refractivity contribution in [2.45, 2.75) is 243 Å². The van der Waals surface area contributed by atoms with Gasteiger partial charge in [-0.1, -0.05) is 91.3 Å². The summed E-state index contributed by atoms with van der Waals surface area (Å²) in [6, 6.07) is 0. The highest BCUT2D eigenvalue weighted by Crippen LogP contribution is 2.50. The Balaban J connectivity index is 1.18. The minimum Gasteiger partial charge on any atom is -0.465 e. The van der Waals surface area contributed by atoms with E-state index in [1.165, 1.54) is 14.0 Å². The Bertz CT molecular complexity index is 2400. The first-order valence-electron chi connectivity index (χ1n) is 29.5. The van der Waals surface area contributed by atoms with Gasteiger partial charge in [0.15, 0.2) is 32.2 Å². The van der Waals surface area contributed by atoms with Gasteiger partial charge in [0, 0.05) is 58.7 Å². The molecule has 0 aromatic carbocycles. The van der Waals surface area contributed by atoms with E-state index in [2.05, 4.69) is 84.3 Å². The molecule has 7 aliphatic rings. The van der Waals surface area contributed by atoms with E-state index in [-0.39, 0.29) is 61.4 Å². The highest BCUT2D eigenvalue weighted by molar-refractivity contribution is 6.74. The first-order chi connectivity index (χ1) is 38.1. The highest BCUT2D eigenvalue weighted by atomic mass is 28.4. The average Bonchev–Trinajstić information content (AvgIpc) is 2.72. The Morgan fingerprint density at radius 3 is 2.28 bits per heavy atom. The van der Waals surface area contributed by atoms with Gasteiger partial charge in [0.1, 0.15) is 36.4 Å². The molecule has 19 nitrogen and oxygen atoms in total.